The van der Waals surface area contributed by atoms with E-state index in [1.165, 1.54) is 0 Å². The van der Waals surface area contributed by atoms with Crippen molar-refractivity contribution in [3.8, 4) is 39.3 Å². The summed E-state index contributed by atoms with van der Waals surface area (Å²) in [5.41, 5.74) is 7.99. The van der Waals surface area contributed by atoms with Crippen LogP contribution >= 0.6 is 0 Å². The van der Waals surface area contributed by atoms with Crippen LogP contribution in [0.15, 0.2) is 108 Å². The highest BCUT2D eigenvalue weighted by atomic mass is 16.3. The van der Waals surface area contributed by atoms with E-state index in [1.54, 1.807) is 6.33 Å². The van der Waals surface area contributed by atoms with Crippen LogP contribution in [0.4, 0.5) is 0 Å². The van der Waals surface area contributed by atoms with E-state index in [9.17, 15) is 0 Å². The topological polar surface area (TPSA) is 56.7 Å². The molecule has 5 nitrogen and oxygen atoms in total. The second-order valence-electron chi connectivity index (χ2n) is 7.87. The standard InChI is InChI=1S/C28H20N4O/c1-19-30-25-16-15-22(17-26(25)33-19)28-31-29-18-32(28)27-23(20-9-4-2-5-10-20)13-8-14-24(27)21-11-6-3-7-12-21/h2-18H,1H3. The maximum Gasteiger partial charge on any atom is 0.192 e. The Morgan fingerprint density at radius 3 is 2.03 bits per heavy atom. The molecule has 33 heavy (non-hydrogen) atoms. The average Bonchev–Trinajstić information content (AvgIpc) is 3.50. The number of hydrogen-bond donors (Lipinski definition) is 0. The normalized spacial score (nSPS) is 11.2. The summed E-state index contributed by atoms with van der Waals surface area (Å²) in [5.74, 6) is 1.39. The number of aromatic nitrogens is 4. The minimum absolute atomic E-state index is 0.643. The van der Waals surface area contributed by atoms with Gasteiger partial charge in [-0.05, 0) is 29.3 Å². The van der Waals surface area contributed by atoms with E-state index < -0.39 is 0 Å². The fourth-order valence-corrected chi connectivity index (χ4v) is 4.28. The van der Waals surface area contributed by atoms with Gasteiger partial charge in [0.15, 0.2) is 17.3 Å². The SMILES string of the molecule is Cc1nc2ccc(-c3nncn3-c3c(-c4ccccc4)cccc3-c3ccccc3)cc2o1. The lowest BCUT2D eigenvalue weighted by atomic mass is 9.95. The summed E-state index contributed by atoms with van der Waals surface area (Å²) >= 11 is 0. The molecule has 0 N–H and O–H groups in total. The van der Waals surface area contributed by atoms with Crippen molar-refractivity contribution < 1.29 is 4.42 Å². The Morgan fingerprint density at radius 1 is 0.697 bits per heavy atom. The molecule has 0 atom stereocenters. The van der Waals surface area contributed by atoms with Crippen molar-refractivity contribution in [1.29, 1.82) is 0 Å². The fraction of sp³-hybridized carbons (Fsp3) is 0.0357. The van der Waals surface area contributed by atoms with E-state index in [1.807, 2.05) is 37.3 Å². The molecule has 0 bridgehead atoms. The van der Waals surface area contributed by atoms with Gasteiger partial charge in [-0.1, -0.05) is 78.9 Å². The van der Waals surface area contributed by atoms with Crippen LogP contribution in [0, 0.1) is 6.92 Å². The van der Waals surface area contributed by atoms with E-state index in [-0.39, 0.29) is 0 Å². The molecule has 6 rings (SSSR count). The third-order valence-corrected chi connectivity index (χ3v) is 5.75. The minimum Gasteiger partial charge on any atom is -0.441 e. The van der Waals surface area contributed by atoms with Crippen LogP contribution in [-0.4, -0.2) is 19.7 Å². The number of fused-ring (bicyclic) bond motifs is 1. The van der Waals surface area contributed by atoms with Crippen LogP contribution in [0.25, 0.3) is 50.4 Å². The summed E-state index contributed by atoms with van der Waals surface area (Å²) in [5, 5.41) is 8.79. The molecule has 0 radical (unpaired) electrons. The molecule has 5 heteroatoms. The summed E-state index contributed by atoms with van der Waals surface area (Å²) in [7, 11) is 0. The van der Waals surface area contributed by atoms with Gasteiger partial charge in [0, 0.05) is 23.6 Å². The van der Waals surface area contributed by atoms with Gasteiger partial charge in [-0.15, -0.1) is 10.2 Å². The number of nitrogens with zero attached hydrogens (tertiary/aromatic N) is 4. The van der Waals surface area contributed by atoms with Crippen LogP contribution in [0.5, 0.6) is 0 Å². The van der Waals surface area contributed by atoms with E-state index in [0.717, 1.165) is 50.4 Å². The number of aryl methyl sites for hydroxylation is 1. The maximum absolute atomic E-state index is 5.77. The van der Waals surface area contributed by atoms with Crippen LogP contribution in [-0.2, 0) is 0 Å². The average molecular weight is 428 g/mol. The summed E-state index contributed by atoms with van der Waals surface area (Å²) in [6, 6.07) is 33.1. The van der Waals surface area contributed by atoms with Crippen LogP contribution in [0.2, 0.25) is 0 Å². The predicted octanol–water partition coefficient (Wildman–Crippen LogP) is 6.72. The molecule has 0 saturated heterocycles. The van der Waals surface area contributed by atoms with Gasteiger partial charge in [-0.2, -0.15) is 0 Å². The van der Waals surface area contributed by atoms with Gasteiger partial charge in [0.2, 0.25) is 0 Å². The molecule has 0 spiro atoms. The molecule has 0 saturated carbocycles. The molecule has 0 aliphatic heterocycles. The Kier molecular flexibility index (Phi) is 4.58. The third-order valence-electron chi connectivity index (χ3n) is 5.75. The quantitative estimate of drug-likeness (QED) is 0.313. The molecular weight excluding hydrogens is 408 g/mol. The first kappa shape index (κ1) is 19.2. The molecule has 6 aromatic rings. The lowest BCUT2D eigenvalue weighted by molar-refractivity contribution is 0.561. The Bertz CT molecular complexity index is 1510. The Morgan fingerprint density at radius 2 is 1.36 bits per heavy atom. The highest BCUT2D eigenvalue weighted by molar-refractivity contribution is 5.87. The molecule has 0 amide bonds. The Hall–Kier alpha value is -4.51. The number of para-hydroxylation sites is 1. The van der Waals surface area contributed by atoms with Crippen molar-refractivity contribution in [2.24, 2.45) is 0 Å². The molecule has 2 heterocycles. The van der Waals surface area contributed by atoms with E-state index in [0.29, 0.717) is 5.89 Å². The van der Waals surface area contributed by atoms with E-state index in [2.05, 4.69) is 86.5 Å². The zero-order valence-corrected chi connectivity index (χ0v) is 18.0. The van der Waals surface area contributed by atoms with E-state index in [4.69, 9.17) is 4.42 Å². The van der Waals surface area contributed by atoms with Gasteiger partial charge in [-0.25, -0.2) is 4.98 Å². The lowest BCUT2D eigenvalue weighted by Gasteiger charge is -2.18. The molecule has 2 aromatic heterocycles. The zero-order chi connectivity index (χ0) is 22.2. The molecule has 0 unspecified atom stereocenters. The molecule has 0 aliphatic rings. The zero-order valence-electron chi connectivity index (χ0n) is 18.0. The molecule has 0 fully saturated rings. The van der Waals surface area contributed by atoms with Gasteiger partial charge in [0.05, 0.1) is 5.69 Å². The minimum atomic E-state index is 0.643. The second kappa shape index (κ2) is 7.88. The summed E-state index contributed by atoms with van der Waals surface area (Å²) in [6.07, 6.45) is 1.78. The first-order valence-electron chi connectivity index (χ1n) is 10.8. The van der Waals surface area contributed by atoms with Crippen LogP contribution < -0.4 is 0 Å². The van der Waals surface area contributed by atoms with Gasteiger partial charge in [0.1, 0.15) is 11.8 Å². The van der Waals surface area contributed by atoms with Crippen molar-refractivity contribution >= 4 is 11.1 Å². The smallest absolute Gasteiger partial charge is 0.192 e. The highest BCUT2D eigenvalue weighted by Crippen LogP contribution is 2.37. The summed E-state index contributed by atoms with van der Waals surface area (Å²) in [4.78, 5) is 4.41. The first-order chi connectivity index (χ1) is 16.3. The van der Waals surface area contributed by atoms with Crippen LogP contribution in [0.3, 0.4) is 0 Å². The maximum atomic E-state index is 5.77. The lowest BCUT2D eigenvalue weighted by Crippen LogP contribution is -2.02. The number of rotatable bonds is 4. The number of benzene rings is 4. The van der Waals surface area contributed by atoms with Gasteiger partial charge in [0.25, 0.3) is 0 Å². The molecule has 4 aromatic carbocycles. The molecule has 158 valence electrons. The molecular formula is C28H20N4O. The molecule has 0 aliphatic carbocycles. The fourth-order valence-electron chi connectivity index (χ4n) is 4.28. The van der Waals surface area contributed by atoms with Gasteiger partial charge >= 0.3 is 0 Å². The predicted molar refractivity (Wildman–Crippen MR) is 130 cm³/mol. The monoisotopic (exact) mass is 428 g/mol. The van der Waals surface area contributed by atoms with Crippen molar-refractivity contribution in [1.82, 2.24) is 19.7 Å². The Labute approximate surface area is 191 Å². The van der Waals surface area contributed by atoms with E-state index >= 15 is 0 Å². The van der Waals surface area contributed by atoms with Crippen LogP contribution in [0.1, 0.15) is 5.89 Å². The number of oxazole rings is 1. The summed E-state index contributed by atoms with van der Waals surface area (Å²) in [6.45, 7) is 1.85. The Balaban J connectivity index is 1.62. The van der Waals surface area contributed by atoms with Gasteiger partial charge < -0.3 is 4.42 Å². The first-order valence-corrected chi connectivity index (χ1v) is 10.8. The largest absolute Gasteiger partial charge is 0.441 e. The van der Waals surface area contributed by atoms with Gasteiger partial charge in [-0.3, -0.25) is 4.57 Å². The second-order valence-corrected chi connectivity index (χ2v) is 7.87. The van der Waals surface area contributed by atoms with Crippen molar-refractivity contribution in [3.05, 3.63) is 109 Å². The number of hydrogen-bond acceptors (Lipinski definition) is 4. The van der Waals surface area contributed by atoms with Crippen molar-refractivity contribution in [2.45, 2.75) is 6.92 Å². The third kappa shape index (κ3) is 3.40. The van der Waals surface area contributed by atoms with Crippen molar-refractivity contribution in [3.63, 3.8) is 0 Å². The summed E-state index contributed by atoms with van der Waals surface area (Å²) < 4.78 is 7.83. The van der Waals surface area contributed by atoms with Crippen molar-refractivity contribution in [2.75, 3.05) is 0 Å². The highest BCUT2D eigenvalue weighted by Gasteiger charge is 2.19.